The molecule has 0 spiro atoms. The molecule has 0 aliphatic rings. The molecule has 0 fully saturated rings. The van der Waals surface area contributed by atoms with Crippen LogP contribution in [0.3, 0.4) is 0 Å². The predicted octanol–water partition coefficient (Wildman–Crippen LogP) is 3.80. The molecule has 0 amide bonds. The lowest BCUT2D eigenvalue weighted by molar-refractivity contribution is -0.137. The third kappa shape index (κ3) is 4.07. The minimum Gasteiger partial charge on any atom is -0.463 e. The Morgan fingerprint density at radius 2 is 1.90 bits per heavy atom. The SMILES string of the molecule is CN(c1cccc(C(F)(F)F)c1)c1nc(S(C)(=O)=O)nc(-c2ccco2)c1C#N. The normalized spacial score (nSPS) is 11.9. The first-order chi connectivity index (χ1) is 13.5. The highest BCUT2D eigenvalue weighted by molar-refractivity contribution is 7.90. The van der Waals surface area contributed by atoms with Gasteiger partial charge in [0.05, 0.1) is 11.8 Å². The van der Waals surface area contributed by atoms with Crippen LogP contribution in [0.15, 0.2) is 52.2 Å². The Morgan fingerprint density at radius 3 is 2.45 bits per heavy atom. The average Bonchev–Trinajstić information content (AvgIpc) is 3.19. The van der Waals surface area contributed by atoms with Gasteiger partial charge < -0.3 is 9.32 Å². The van der Waals surface area contributed by atoms with Gasteiger partial charge in [0.25, 0.3) is 0 Å². The summed E-state index contributed by atoms with van der Waals surface area (Å²) in [6.45, 7) is 0. The number of sulfone groups is 1. The maximum atomic E-state index is 13.1. The van der Waals surface area contributed by atoms with Crippen molar-refractivity contribution in [2.24, 2.45) is 0 Å². The molecule has 0 saturated heterocycles. The monoisotopic (exact) mass is 422 g/mol. The summed E-state index contributed by atoms with van der Waals surface area (Å²) in [5, 5.41) is 9.06. The summed E-state index contributed by atoms with van der Waals surface area (Å²) in [6, 6.07) is 9.23. The van der Waals surface area contributed by atoms with Gasteiger partial charge in [0, 0.05) is 19.0 Å². The second-order valence-corrected chi connectivity index (χ2v) is 7.93. The molecule has 2 heterocycles. The van der Waals surface area contributed by atoms with E-state index < -0.39 is 26.7 Å². The molecule has 1 aromatic carbocycles. The molecule has 3 aromatic rings. The highest BCUT2D eigenvalue weighted by atomic mass is 32.2. The van der Waals surface area contributed by atoms with E-state index in [1.165, 1.54) is 42.5 Å². The molecular weight excluding hydrogens is 409 g/mol. The highest BCUT2D eigenvalue weighted by Crippen LogP contribution is 2.35. The van der Waals surface area contributed by atoms with Crippen molar-refractivity contribution in [3.63, 3.8) is 0 Å². The molecule has 0 saturated carbocycles. The fourth-order valence-corrected chi connectivity index (χ4v) is 3.05. The van der Waals surface area contributed by atoms with Crippen LogP contribution in [0.4, 0.5) is 24.7 Å². The molecule has 0 aliphatic heterocycles. The van der Waals surface area contributed by atoms with E-state index in [2.05, 4.69) is 9.97 Å². The molecule has 7 nitrogen and oxygen atoms in total. The first kappa shape index (κ1) is 20.3. The van der Waals surface area contributed by atoms with E-state index in [1.54, 1.807) is 0 Å². The average molecular weight is 422 g/mol. The Labute approximate surface area is 164 Å². The number of anilines is 2. The third-order valence-electron chi connectivity index (χ3n) is 3.95. The Balaban J connectivity index is 2.26. The molecule has 0 bridgehead atoms. The largest absolute Gasteiger partial charge is 0.463 e. The topological polar surface area (TPSA) is 100 Å². The number of alkyl halides is 3. The number of nitriles is 1. The fourth-order valence-electron chi connectivity index (χ4n) is 2.55. The van der Waals surface area contributed by atoms with Gasteiger partial charge in [-0.2, -0.15) is 23.4 Å². The van der Waals surface area contributed by atoms with Crippen molar-refractivity contribution >= 4 is 21.3 Å². The van der Waals surface area contributed by atoms with Gasteiger partial charge in [-0.05, 0) is 30.3 Å². The Kier molecular flexibility index (Phi) is 5.06. The number of rotatable bonds is 4. The molecule has 0 aliphatic carbocycles. The molecule has 3 rings (SSSR count). The Hall–Kier alpha value is -3.39. The number of hydrogen-bond donors (Lipinski definition) is 0. The lowest BCUT2D eigenvalue weighted by Gasteiger charge is -2.21. The zero-order valence-corrected chi connectivity index (χ0v) is 15.9. The van der Waals surface area contributed by atoms with E-state index in [0.29, 0.717) is 0 Å². The molecule has 2 aromatic heterocycles. The van der Waals surface area contributed by atoms with Crippen LogP contribution in [-0.4, -0.2) is 31.7 Å². The van der Waals surface area contributed by atoms with E-state index in [9.17, 15) is 26.9 Å². The highest BCUT2D eigenvalue weighted by Gasteiger charge is 2.31. The number of furan rings is 1. The first-order valence-electron chi connectivity index (χ1n) is 7.99. The molecule has 0 radical (unpaired) electrons. The summed E-state index contributed by atoms with van der Waals surface area (Å²) in [6.07, 6.45) is -2.37. The lowest BCUT2D eigenvalue weighted by atomic mass is 10.1. The van der Waals surface area contributed by atoms with Crippen molar-refractivity contribution in [3.05, 3.63) is 53.8 Å². The molecule has 150 valence electrons. The second kappa shape index (κ2) is 7.21. The van der Waals surface area contributed by atoms with Gasteiger partial charge in [-0.25, -0.2) is 13.4 Å². The van der Waals surface area contributed by atoms with Crippen molar-refractivity contribution in [2.45, 2.75) is 11.3 Å². The van der Waals surface area contributed by atoms with E-state index >= 15 is 0 Å². The standard InChI is InChI=1S/C18H13F3N4O3S/c1-25(12-6-3-5-11(9-12)18(19,20)21)16-13(10-22)15(14-7-4-8-28-14)23-17(24-16)29(2,26)27/h3-9H,1-2H3. The summed E-state index contributed by atoms with van der Waals surface area (Å²) in [7, 11) is -2.52. The third-order valence-corrected chi connectivity index (χ3v) is 4.79. The van der Waals surface area contributed by atoms with E-state index in [1.807, 2.05) is 6.07 Å². The predicted molar refractivity (Wildman–Crippen MR) is 97.1 cm³/mol. The van der Waals surface area contributed by atoms with Gasteiger partial charge in [0.15, 0.2) is 11.6 Å². The summed E-state index contributed by atoms with van der Waals surface area (Å²) in [5.41, 5.74) is -1.07. The smallest absolute Gasteiger partial charge is 0.416 e. The molecule has 11 heteroatoms. The van der Waals surface area contributed by atoms with Gasteiger partial charge in [0.1, 0.15) is 17.3 Å². The van der Waals surface area contributed by atoms with Crippen LogP contribution in [-0.2, 0) is 16.0 Å². The number of nitrogens with zero attached hydrogens (tertiary/aromatic N) is 4. The summed E-state index contributed by atoms with van der Waals surface area (Å²) in [4.78, 5) is 9.05. The van der Waals surface area contributed by atoms with E-state index in [4.69, 9.17) is 4.42 Å². The van der Waals surface area contributed by atoms with Gasteiger partial charge in [-0.3, -0.25) is 0 Å². The maximum Gasteiger partial charge on any atom is 0.416 e. The number of benzene rings is 1. The molecule has 29 heavy (non-hydrogen) atoms. The van der Waals surface area contributed by atoms with Crippen LogP contribution in [0.2, 0.25) is 0 Å². The zero-order chi connectivity index (χ0) is 21.4. The summed E-state index contributed by atoms with van der Waals surface area (Å²) < 4.78 is 68.5. The molecular formula is C18H13F3N4O3S. The Morgan fingerprint density at radius 1 is 1.17 bits per heavy atom. The van der Waals surface area contributed by atoms with Gasteiger partial charge >= 0.3 is 6.18 Å². The fraction of sp³-hybridized carbons (Fsp3) is 0.167. The van der Waals surface area contributed by atoms with Crippen LogP contribution in [0.1, 0.15) is 11.1 Å². The number of halogens is 3. The van der Waals surface area contributed by atoms with Crippen LogP contribution in [0.25, 0.3) is 11.5 Å². The molecule has 0 N–H and O–H groups in total. The van der Waals surface area contributed by atoms with Crippen molar-refractivity contribution < 1.29 is 26.0 Å². The number of hydrogen-bond acceptors (Lipinski definition) is 7. The van der Waals surface area contributed by atoms with Gasteiger partial charge in [0.2, 0.25) is 15.0 Å². The van der Waals surface area contributed by atoms with Gasteiger partial charge in [-0.1, -0.05) is 6.07 Å². The minimum atomic E-state index is -4.57. The minimum absolute atomic E-state index is 0.0554. The van der Waals surface area contributed by atoms with Crippen LogP contribution < -0.4 is 4.90 Å². The van der Waals surface area contributed by atoms with Crippen molar-refractivity contribution in [1.29, 1.82) is 5.26 Å². The maximum absolute atomic E-state index is 13.1. The van der Waals surface area contributed by atoms with Crippen molar-refractivity contribution in [2.75, 3.05) is 18.2 Å². The lowest BCUT2D eigenvalue weighted by Crippen LogP contribution is -2.18. The van der Waals surface area contributed by atoms with Crippen LogP contribution in [0.5, 0.6) is 0 Å². The van der Waals surface area contributed by atoms with E-state index in [0.717, 1.165) is 18.4 Å². The summed E-state index contributed by atoms with van der Waals surface area (Å²) in [5.74, 6) is -0.0545. The number of aromatic nitrogens is 2. The van der Waals surface area contributed by atoms with Crippen molar-refractivity contribution in [1.82, 2.24) is 9.97 Å². The quantitative estimate of drug-likeness (QED) is 0.590. The molecule has 0 unspecified atom stereocenters. The zero-order valence-electron chi connectivity index (χ0n) is 15.1. The van der Waals surface area contributed by atoms with Crippen molar-refractivity contribution in [3.8, 4) is 17.5 Å². The van der Waals surface area contributed by atoms with E-state index in [-0.39, 0.29) is 28.5 Å². The summed E-state index contributed by atoms with van der Waals surface area (Å²) >= 11 is 0. The first-order valence-corrected chi connectivity index (χ1v) is 9.88. The second-order valence-electron chi connectivity index (χ2n) is 6.02. The Bertz CT molecular complexity index is 1200. The van der Waals surface area contributed by atoms with Crippen LogP contribution >= 0.6 is 0 Å². The molecule has 0 atom stereocenters. The van der Waals surface area contributed by atoms with Crippen LogP contribution in [0, 0.1) is 11.3 Å². The van der Waals surface area contributed by atoms with Gasteiger partial charge in [-0.15, -0.1) is 0 Å².